The molecule has 0 unspecified atom stereocenters. The molecule has 1 aromatic carbocycles. The summed E-state index contributed by atoms with van der Waals surface area (Å²) in [5.41, 5.74) is 5.06. The molecule has 3 N–H and O–H groups in total. The molecule has 7 heteroatoms. The number of hydrogen-bond donors (Lipinski definition) is 2. The summed E-state index contributed by atoms with van der Waals surface area (Å²) in [6.07, 6.45) is 3.20. The summed E-state index contributed by atoms with van der Waals surface area (Å²) in [5.74, 6) is -0.824. The highest BCUT2D eigenvalue weighted by Gasteiger charge is 2.40. The first-order chi connectivity index (χ1) is 9.33. The van der Waals surface area contributed by atoms with Gasteiger partial charge in [0.05, 0.1) is 0 Å². The van der Waals surface area contributed by atoms with Gasteiger partial charge in [-0.2, -0.15) is 0 Å². The van der Waals surface area contributed by atoms with Gasteiger partial charge in [-0.1, -0.05) is 18.5 Å². The van der Waals surface area contributed by atoms with Crippen molar-refractivity contribution in [3.8, 4) is 0 Å². The third-order valence-corrected chi connectivity index (χ3v) is 5.72. The Kier molecular flexibility index (Phi) is 4.39. The first kappa shape index (κ1) is 15.7. The fraction of sp³-hybridized carbons (Fsp3) is 0.538. The van der Waals surface area contributed by atoms with E-state index in [0.29, 0.717) is 6.42 Å². The molecule has 0 aliphatic heterocycles. The summed E-state index contributed by atoms with van der Waals surface area (Å²) in [5, 5.41) is 0.159. The first-order valence-electron chi connectivity index (χ1n) is 6.55. The SMILES string of the molecule is CCC1(NS(=O)(=O)c2cc(Cl)cc(CN)c2F)CCC1. The Balaban J connectivity index is 2.42. The van der Waals surface area contributed by atoms with Crippen LogP contribution in [0.25, 0.3) is 0 Å². The molecule has 20 heavy (non-hydrogen) atoms. The fourth-order valence-electron chi connectivity index (χ4n) is 2.43. The Morgan fingerprint density at radius 1 is 1.45 bits per heavy atom. The van der Waals surface area contributed by atoms with Crippen LogP contribution in [0.15, 0.2) is 17.0 Å². The molecule has 1 aliphatic rings. The van der Waals surface area contributed by atoms with Gasteiger partial charge >= 0.3 is 0 Å². The minimum absolute atomic E-state index is 0.0945. The highest BCUT2D eigenvalue weighted by atomic mass is 35.5. The lowest BCUT2D eigenvalue weighted by molar-refractivity contribution is 0.213. The summed E-state index contributed by atoms with van der Waals surface area (Å²) >= 11 is 5.85. The van der Waals surface area contributed by atoms with Gasteiger partial charge in [0.1, 0.15) is 10.7 Å². The van der Waals surface area contributed by atoms with Crippen LogP contribution in [0.5, 0.6) is 0 Å². The molecular formula is C13H18ClFN2O2S. The van der Waals surface area contributed by atoms with Crippen LogP contribution in [0.4, 0.5) is 4.39 Å². The minimum atomic E-state index is -3.94. The van der Waals surface area contributed by atoms with Gasteiger partial charge < -0.3 is 5.73 Å². The molecule has 0 amide bonds. The molecular weight excluding hydrogens is 303 g/mol. The Bertz CT molecular complexity index is 610. The van der Waals surface area contributed by atoms with Gasteiger partial charge in [0, 0.05) is 22.7 Å². The van der Waals surface area contributed by atoms with E-state index in [1.54, 1.807) is 0 Å². The van der Waals surface area contributed by atoms with Crippen molar-refractivity contribution >= 4 is 21.6 Å². The number of hydrogen-bond acceptors (Lipinski definition) is 3. The minimum Gasteiger partial charge on any atom is -0.326 e. The third kappa shape index (κ3) is 2.83. The van der Waals surface area contributed by atoms with Gasteiger partial charge in [-0.3, -0.25) is 0 Å². The van der Waals surface area contributed by atoms with E-state index in [-0.39, 0.29) is 17.1 Å². The van der Waals surface area contributed by atoms with Crippen LogP contribution in [0.3, 0.4) is 0 Å². The van der Waals surface area contributed by atoms with Gasteiger partial charge in [0.15, 0.2) is 0 Å². The van der Waals surface area contributed by atoms with Gasteiger partial charge in [-0.05, 0) is 37.8 Å². The molecule has 0 radical (unpaired) electrons. The lowest BCUT2D eigenvalue weighted by Gasteiger charge is -2.41. The average Bonchev–Trinajstić information content (AvgIpc) is 2.36. The van der Waals surface area contributed by atoms with Crippen LogP contribution in [0, 0.1) is 5.82 Å². The maximum Gasteiger partial charge on any atom is 0.244 e. The van der Waals surface area contributed by atoms with Crippen LogP contribution < -0.4 is 10.5 Å². The lowest BCUT2D eigenvalue weighted by Crippen LogP contribution is -2.52. The monoisotopic (exact) mass is 320 g/mol. The van der Waals surface area contributed by atoms with E-state index in [9.17, 15) is 12.8 Å². The largest absolute Gasteiger partial charge is 0.326 e. The zero-order chi connectivity index (χ0) is 15.0. The van der Waals surface area contributed by atoms with Gasteiger partial charge in [-0.25, -0.2) is 17.5 Å². The highest BCUT2D eigenvalue weighted by molar-refractivity contribution is 7.89. The number of nitrogens with two attached hydrogens (primary N) is 1. The van der Waals surface area contributed by atoms with Crippen molar-refractivity contribution in [3.05, 3.63) is 28.5 Å². The molecule has 0 aromatic heterocycles. The van der Waals surface area contributed by atoms with Crippen molar-refractivity contribution in [1.82, 2.24) is 4.72 Å². The predicted octanol–water partition coefficient (Wildman–Crippen LogP) is 2.55. The molecule has 1 aliphatic carbocycles. The van der Waals surface area contributed by atoms with Crippen LogP contribution >= 0.6 is 11.6 Å². The van der Waals surface area contributed by atoms with E-state index in [1.165, 1.54) is 6.07 Å². The summed E-state index contributed by atoms with van der Waals surface area (Å²) in [6, 6.07) is 2.47. The summed E-state index contributed by atoms with van der Waals surface area (Å²) < 4.78 is 41.6. The van der Waals surface area contributed by atoms with E-state index in [4.69, 9.17) is 17.3 Å². The fourth-order valence-corrected chi connectivity index (χ4v) is 4.42. The summed E-state index contributed by atoms with van der Waals surface area (Å²) in [7, 11) is -3.94. The molecule has 2 rings (SSSR count). The molecule has 1 saturated carbocycles. The van der Waals surface area contributed by atoms with E-state index in [2.05, 4.69) is 4.72 Å². The molecule has 0 saturated heterocycles. The topological polar surface area (TPSA) is 72.2 Å². The molecule has 1 fully saturated rings. The third-order valence-electron chi connectivity index (χ3n) is 3.93. The number of sulfonamides is 1. The average molecular weight is 321 g/mol. The molecule has 0 bridgehead atoms. The second-order valence-electron chi connectivity index (χ2n) is 5.17. The van der Waals surface area contributed by atoms with E-state index in [1.807, 2.05) is 6.92 Å². The first-order valence-corrected chi connectivity index (χ1v) is 8.41. The van der Waals surface area contributed by atoms with Crippen molar-refractivity contribution in [3.63, 3.8) is 0 Å². The zero-order valence-corrected chi connectivity index (χ0v) is 12.8. The molecule has 1 aromatic rings. The van der Waals surface area contributed by atoms with Crippen molar-refractivity contribution in [2.75, 3.05) is 0 Å². The molecule has 112 valence electrons. The summed E-state index contributed by atoms with van der Waals surface area (Å²) in [4.78, 5) is -0.426. The Labute approximate surface area is 123 Å². The normalized spacial score (nSPS) is 17.8. The quantitative estimate of drug-likeness (QED) is 0.875. The van der Waals surface area contributed by atoms with Crippen molar-refractivity contribution in [1.29, 1.82) is 0 Å². The number of benzene rings is 1. The molecule has 0 atom stereocenters. The standard InChI is InChI=1S/C13H18ClFN2O2S/c1-2-13(4-3-5-13)17-20(18,19)11-7-10(14)6-9(8-16)12(11)15/h6-7,17H,2-5,8,16H2,1H3. The van der Waals surface area contributed by atoms with Gasteiger partial charge in [-0.15, -0.1) is 0 Å². The number of halogens is 2. The lowest BCUT2D eigenvalue weighted by atomic mass is 9.76. The Morgan fingerprint density at radius 2 is 2.10 bits per heavy atom. The van der Waals surface area contributed by atoms with Crippen LogP contribution in [0.1, 0.15) is 38.2 Å². The maximum atomic E-state index is 14.2. The van der Waals surface area contributed by atoms with E-state index < -0.39 is 26.3 Å². The van der Waals surface area contributed by atoms with E-state index >= 15 is 0 Å². The van der Waals surface area contributed by atoms with Gasteiger partial charge in [0.2, 0.25) is 10.0 Å². The van der Waals surface area contributed by atoms with Crippen LogP contribution in [-0.2, 0) is 16.6 Å². The zero-order valence-electron chi connectivity index (χ0n) is 11.2. The van der Waals surface area contributed by atoms with Crippen LogP contribution in [0.2, 0.25) is 5.02 Å². The van der Waals surface area contributed by atoms with Crippen molar-refractivity contribution < 1.29 is 12.8 Å². The van der Waals surface area contributed by atoms with Crippen LogP contribution in [-0.4, -0.2) is 14.0 Å². The molecule has 0 heterocycles. The highest BCUT2D eigenvalue weighted by Crippen LogP contribution is 2.36. The molecule has 4 nitrogen and oxygen atoms in total. The Hall–Kier alpha value is -0.690. The van der Waals surface area contributed by atoms with Crippen molar-refractivity contribution in [2.45, 2.75) is 49.6 Å². The van der Waals surface area contributed by atoms with Gasteiger partial charge in [0.25, 0.3) is 0 Å². The Morgan fingerprint density at radius 3 is 2.55 bits per heavy atom. The second kappa shape index (κ2) is 5.60. The number of rotatable bonds is 5. The van der Waals surface area contributed by atoms with E-state index in [0.717, 1.165) is 25.3 Å². The summed E-state index contributed by atoms with van der Waals surface area (Å²) in [6.45, 7) is 1.81. The molecule has 0 spiro atoms. The smallest absolute Gasteiger partial charge is 0.244 e. The maximum absolute atomic E-state index is 14.2. The number of nitrogens with one attached hydrogen (secondary N) is 1. The predicted molar refractivity (Wildman–Crippen MR) is 76.5 cm³/mol. The van der Waals surface area contributed by atoms with Crippen molar-refractivity contribution in [2.24, 2.45) is 5.73 Å². The second-order valence-corrected chi connectivity index (χ2v) is 7.26.